The molecule has 19 heavy (non-hydrogen) atoms. The molecule has 108 valence electrons. The predicted octanol–water partition coefficient (Wildman–Crippen LogP) is 3.40. The van der Waals surface area contributed by atoms with Gasteiger partial charge in [-0.05, 0) is 45.4 Å². The molecular formula is C16H28N2O. The topological polar surface area (TPSA) is 45.0 Å². The van der Waals surface area contributed by atoms with Crippen LogP contribution in [0.25, 0.3) is 0 Å². The summed E-state index contributed by atoms with van der Waals surface area (Å²) >= 11 is 0. The van der Waals surface area contributed by atoms with Gasteiger partial charge in [-0.2, -0.15) is 5.26 Å². The first kappa shape index (κ1) is 14.8. The Labute approximate surface area is 117 Å². The minimum Gasteiger partial charge on any atom is -0.375 e. The van der Waals surface area contributed by atoms with Crippen LogP contribution in [0.2, 0.25) is 0 Å². The molecule has 0 radical (unpaired) electrons. The lowest BCUT2D eigenvalue weighted by Crippen LogP contribution is -2.53. The third-order valence-corrected chi connectivity index (χ3v) is 4.37. The molecule has 0 spiro atoms. The molecule has 0 bridgehead atoms. The van der Waals surface area contributed by atoms with Crippen LogP contribution in [0.15, 0.2) is 0 Å². The maximum atomic E-state index is 9.63. The van der Waals surface area contributed by atoms with Crippen molar-refractivity contribution in [3.05, 3.63) is 0 Å². The van der Waals surface area contributed by atoms with Gasteiger partial charge in [-0.1, -0.05) is 25.7 Å². The van der Waals surface area contributed by atoms with Crippen LogP contribution in [-0.2, 0) is 4.74 Å². The van der Waals surface area contributed by atoms with Crippen LogP contribution in [-0.4, -0.2) is 24.3 Å². The monoisotopic (exact) mass is 264 g/mol. The van der Waals surface area contributed by atoms with E-state index in [0.717, 1.165) is 0 Å². The Morgan fingerprint density at radius 2 is 1.79 bits per heavy atom. The second-order valence-electron chi connectivity index (χ2n) is 6.58. The third kappa shape index (κ3) is 4.19. The molecule has 0 saturated heterocycles. The zero-order valence-corrected chi connectivity index (χ0v) is 12.5. The Kier molecular flexibility index (Phi) is 5.24. The van der Waals surface area contributed by atoms with Crippen LogP contribution < -0.4 is 5.32 Å². The van der Waals surface area contributed by atoms with Gasteiger partial charge in [0.25, 0.3) is 0 Å². The molecule has 3 heteroatoms. The molecule has 2 rings (SSSR count). The van der Waals surface area contributed by atoms with E-state index in [1.807, 2.05) is 0 Å². The molecule has 0 amide bonds. The predicted molar refractivity (Wildman–Crippen MR) is 76.8 cm³/mol. The fraction of sp³-hybridized carbons (Fsp3) is 0.938. The van der Waals surface area contributed by atoms with Gasteiger partial charge in [-0.25, -0.2) is 0 Å². The maximum absolute atomic E-state index is 9.63. The molecule has 0 heterocycles. The van der Waals surface area contributed by atoms with E-state index in [-0.39, 0.29) is 0 Å². The van der Waals surface area contributed by atoms with Crippen LogP contribution in [0, 0.1) is 17.2 Å². The maximum Gasteiger partial charge on any atom is 0.133 e. The van der Waals surface area contributed by atoms with Gasteiger partial charge >= 0.3 is 0 Å². The molecule has 2 aliphatic carbocycles. The van der Waals surface area contributed by atoms with Gasteiger partial charge in [0.15, 0.2) is 0 Å². The van der Waals surface area contributed by atoms with E-state index in [1.54, 1.807) is 0 Å². The Hall–Kier alpha value is -0.590. The van der Waals surface area contributed by atoms with Crippen LogP contribution >= 0.6 is 0 Å². The molecule has 0 aliphatic heterocycles. The Bertz CT molecular complexity index is 311. The number of ether oxygens (including phenoxy) is 1. The van der Waals surface area contributed by atoms with Gasteiger partial charge < -0.3 is 4.74 Å². The average Bonchev–Trinajstić information content (AvgIpc) is 3.20. The van der Waals surface area contributed by atoms with Crippen LogP contribution in [0.1, 0.15) is 65.2 Å². The number of hydrogen-bond acceptors (Lipinski definition) is 3. The lowest BCUT2D eigenvalue weighted by Gasteiger charge is -2.31. The highest BCUT2D eigenvalue weighted by atomic mass is 16.5. The van der Waals surface area contributed by atoms with E-state index in [9.17, 15) is 5.26 Å². The number of rotatable bonds is 6. The SMILES string of the molecule is CC(C)NC(C#N)(COC1CCCCCC1)C1CC1. The van der Waals surface area contributed by atoms with Crippen molar-refractivity contribution >= 4 is 0 Å². The number of nitrogens with zero attached hydrogens (tertiary/aromatic N) is 1. The highest BCUT2D eigenvalue weighted by Gasteiger charge is 2.46. The quantitative estimate of drug-likeness (QED) is 0.748. The van der Waals surface area contributed by atoms with Crippen molar-refractivity contribution in [3.63, 3.8) is 0 Å². The van der Waals surface area contributed by atoms with Gasteiger partial charge in [0.2, 0.25) is 0 Å². The van der Waals surface area contributed by atoms with Gasteiger partial charge in [0.05, 0.1) is 18.8 Å². The summed E-state index contributed by atoms with van der Waals surface area (Å²) in [6.45, 7) is 4.79. The molecule has 2 fully saturated rings. The van der Waals surface area contributed by atoms with E-state index in [0.29, 0.717) is 24.7 Å². The molecular weight excluding hydrogens is 236 g/mol. The molecule has 1 unspecified atom stereocenters. The van der Waals surface area contributed by atoms with Crippen molar-refractivity contribution < 1.29 is 4.74 Å². The molecule has 0 aromatic heterocycles. The lowest BCUT2D eigenvalue weighted by atomic mass is 9.95. The zero-order chi connectivity index (χ0) is 13.7. The first-order valence-corrected chi connectivity index (χ1v) is 7.97. The van der Waals surface area contributed by atoms with Crippen molar-refractivity contribution in [2.45, 2.75) is 82.9 Å². The average molecular weight is 264 g/mol. The fourth-order valence-corrected chi connectivity index (χ4v) is 3.18. The smallest absolute Gasteiger partial charge is 0.133 e. The minimum atomic E-state index is -0.444. The summed E-state index contributed by atoms with van der Waals surface area (Å²) < 4.78 is 6.14. The number of nitrogens with one attached hydrogen (secondary N) is 1. The summed E-state index contributed by atoms with van der Waals surface area (Å²) in [5, 5.41) is 13.1. The Balaban J connectivity index is 1.90. The van der Waals surface area contributed by atoms with Gasteiger partial charge in [-0.3, -0.25) is 5.32 Å². The largest absolute Gasteiger partial charge is 0.375 e. The first-order chi connectivity index (χ1) is 9.16. The van der Waals surface area contributed by atoms with Crippen LogP contribution in [0.3, 0.4) is 0 Å². The standard InChI is InChI=1S/C16H28N2O/c1-13(2)18-16(11-17,14-9-10-14)12-19-15-7-5-3-4-6-8-15/h13-15,18H,3-10,12H2,1-2H3. The first-order valence-electron chi connectivity index (χ1n) is 7.97. The van der Waals surface area contributed by atoms with E-state index in [1.165, 1.54) is 51.4 Å². The highest BCUT2D eigenvalue weighted by molar-refractivity contribution is 5.16. The third-order valence-electron chi connectivity index (χ3n) is 4.37. The molecule has 2 saturated carbocycles. The second-order valence-corrected chi connectivity index (χ2v) is 6.58. The van der Waals surface area contributed by atoms with E-state index < -0.39 is 5.54 Å². The van der Waals surface area contributed by atoms with Gasteiger partial charge in [-0.15, -0.1) is 0 Å². The normalized spacial score (nSPS) is 24.7. The van der Waals surface area contributed by atoms with E-state index in [4.69, 9.17) is 4.74 Å². The van der Waals surface area contributed by atoms with Crippen molar-refractivity contribution in [2.24, 2.45) is 5.92 Å². The second kappa shape index (κ2) is 6.72. The van der Waals surface area contributed by atoms with Gasteiger partial charge in [0, 0.05) is 6.04 Å². The molecule has 1 N–H and O–H groups in total. The summed E-state index contributed by atoms with van der Waals surface area (Å²) in [5.41, 5.74) is -0.444. The fourth-order valence-electron chi connectivity index (χ4n) is 3.18. The highest BCUT2D eigenvalue weighted by Crippen LogP contribution is 2.40. The summed E-state index contributed by atoms with van der Waals surface area (Å²) in [6, 6.07) is 2.86. The minimum absolute atomic E-state index is 0.331. The molecule has 2 aliphatic rings. The summed E-state index contributed by atoms with van der Waals surface area (Å²) in [7, 11) is 0. The van der Waals surface area contributed by atoms with Crippen molar-refractivity contribution in [2.75, 3.05) is 6.61 Å². The van der Waals surface area contributed by atoms with E-state index in [2.05, 4.69) is 25.2 Å². The van der Waals surface area contributed by atoms with Crippen molar-refractivity contribution in [1.29, 1.82) is 5.26 Å². The van der Waals surface area contributed by atoms with Crippen LogP contribution in [0.5, 0.6) is 0 Å². The molecule has 1 atom stereocenters. The Morgan fingerprint density at radius 3 is 2.26 bits per heavy atom. The molecule has 0 aromatic carbocycles. The van der Waals surface area contributed by atoms with E-state index >= 15 is 0 Å². The zero-order valence-electron chi connectivity index (χ0n) is 12.5. The van der Waals surface area contributed by atoms with Gasteiger partial charge in [0.1, 0.15) is 5.54 Å². The summed E-state index contributed by atoms with van der Waals surface area (Å²) in [6.07, 6.45) is 10.3. The number of hydrogen-bond donors (Lipinski definition) is 1. The summed E-state index contributed by atoms with van der Waals surface area (Å²) in [5.74, 6) is 0.491. The number of nitriles is 1. The summed E-state index contributed by atoms with van der Waals surface area (Å²) in [4.78, 5) is 0. The lowest BCUT2D eigenvalue weighted by molar-refractivity contribution is 0.00795. The van der Waals surface area contributed by atoms with Crippen molar-refractivity contribution in [1.82, 2.24) is 5.32 Å². The Morgan fingerprint density at radius 1 is 1.16 bits per heavy atom. The van der Waals surface area contributed by atoms with Crippen LogP contribution in [0.4, 0.5) is 0 Å². The van der Waals surface area contributed by atoms with Crippen molar-refractivity contribution in [3.8, 4) is 6.07 Å². The molecule has 0 aromatic rings. The molecule has 3 nitrogen and oxygen atoms in total.